The van der Waals surface area contributed by atoms with Gasteiger partial charge >= 0.3 is 0 Å². The number of aromatic nitrogens is 1. The van der Waals surface area contributed by atoms with Gasteiger partial charge in [0.2, 0.25) is 5.91 Å². The number of thiazole rings is 1. The zero-order valence-corrected chi connectivity index (χ0v) is 18.2. The van der Waals surface area contributed by atoms with E-state index in [9.17, 15) is 9.59 Å². The van der Waals surface area contributed by atoms with Crippen molar-refractivity contribution in [3.05, 3.63) is 59.2 Å². The second-order valence-electron chi connectivity index (χ2n) is 7.84. The van der Waals surface area contributed by atoms with Crippen molar-refractivity contribution in [2.24, 2.45) is 0 Å². The molecule has 5 nitrogen and oxygen atoms in total. The average molecular weight is 423 g/mol. The van der Waals surface area contributed by atoms with Gasteiger partial charge in [0.25, 0.3) is 5.19 Å². The van der Waals surface area contributed by atoms with Crippen molar-refractivity contribution in [2.45, 2.75) is 45.6 Å². The van der Waals surface area contributed by atoms with Gasteiger partial charge in [0.1, 0.15) is 6.10 Å². The smallest absolute Gasteiger partial charge is 0.274 e. The van der Waals surface area contributed by atoms with Crippen molar-refractivity contribution in [1.29, 1.82) is 0 Å². The molecule has 6 heteroatoms. The molecule has 4 rings (SSSR count). The summed E-state index contributed by atoms with van der Waals surface area (Å²) in [5.74, 6) is 0.0626. The fourth-order valence-electron chi connectivity index (χ4n) is 3.80. The van der Waals surface area contributed by atoms with Crippen molar-refractivity contribution in [1.82, 2.24) is 9.88 Å². The van der Waals surface area contributed by atoms with Crippen LogP contribution in [0.15, 0.2) is 42.5 Å². The Hall–Kier alpha value is -2.73. The highest BCUT2D eigenvalue weighted by Crippen LogP contribution is 2.33. The molecule has 0 unspecified atom stereocenters. The minimum Gasteiger partial charge on any atom is -0.467 e. The Morgan fingerprint density at radius 1 is 1.03 bits per heavy atom. The lowest BCUT2D eigenvalue weighted by molar-refractivity contribution is -0.132. The Balaban J connectivity index is 1.27. The molecule has 1 amide bonds. The molecule has 156 valence electrons. The molecular formula is C24H26N2O3S. The van der Waals surface area contributed by atoms with Crippen LogP contribution in [-0.4, -0.2) is 40.8 Å². The van der Waals surface area contributed by atoms with Gasteiger partial charge < -0.3 is 9.64 Å². The number of carbonyl (C=O) groups excluding carboxylic acids is 2. The molecular weight excluding hydrogens is 396 g/mol. The first-order valence-electron chi connectivity index (χ1n) is 10.4. The van der Waals surface area contributed by atoms with Crippen molar-refractivity contribution in [3.8, 4) is 5.19 Å². The molecule has 0 atom stereocenters. The maximum absolute atomic E-state index is 12.5. The molecule has 0 spiro atoms. The molecule has 3 aromatic rings. The van der Waals surface area contributed by atoms with E-state index >= 15 is 0 Å². The fourth-order valence-corrected chi connectivity index (χ4v) is 4.83. The topological polar surface area (TPSA) is 59.5 Å². The molecule has 1 fully saturated rings. The summed E-state index contributed by atoms with van der Waals surface area (Å²) < 4.78 is 7.33. The predicted molar refractivity (Wildman–Crippen MR) is 119 cm³/mol. The van der Waals surface area contributed by atoms with Crippen LogP contribution in [-0.2, 0) is 4.79 Å². The molecule has 0 bridgehead atoms. The lowest BCUT2D eigenvalue weighted by atomic mass is 10.0. The van der Waals surface area contributed by atoms with E-state index in [1.807, 2.05) is 23.1 Å². The van der Waals surface area contributed by atoms with Crippen LogP contribution < -0.4 is 4.74 Å². The zero-order valence-electron chi connectivity index (χ0n) is 17.4. The molecule has 0 aliphatic carbocycles. The van der Waals surface area contributed by atoms with Crippen LogP contribution in [0, 0.1) is 13.8 Å². The number of ether oxygens (including phenoxy) is 1. The van der Waals surface area contributed by atoms with Crippen LogP contribution in [0.2, 0.25) is 0 Å². The molecule has 1 aliphatic heterocycles. The number of piperidine rings is 1. The first-order valence-corrected chi connectivity index (χ1v) is 11.2. The number of hydrogen-bond acceptors (Lipinski definition) is 5. The van der Waals surface area contributed by atoms with E-state index < -0.39 is 0 Å². The SMILES string of the molecule is Cc1ccc(C)c2sc(OC3CCN(C(=O)CCC(=O)c4ccccc4)CC3)nc12. The summed E-state index contributed by atoms with van der Waals surface area (Å²) in [5, 5.41) is 0.709. The van der Waals surface area contributed by atoms with E-state index in [-0.39, 0.29) is 30.6 Å². The summed E-state index contributed by atoms with van der Waals surface area (Å²) in [6.45, 7) is 5.48. The van der Waals surface area contributed by atoms with Gasteiger partial charge in [-0.05, 0) is 25.0 Å². The summed E-state index contributed by atoms with van der Waals surface area (Å²) in [6.07, 6.45) is 2.15. The number of fused-ring (bicyclic) bond motifs is 1. The van der Waals surface area contributed by atoms with Gasteiger partial charge in [0, 0.05) is 44.3 Å². The number of ketones is 1. The van der Waals surface area contributed by atoms with Crippen LogP contribution >= 0.6 is 11.3 Å². The lowest BCUT2D eigenvalue weighted by Gasteiger charge is -2.31. The minimum atomic E-state index is 0.0172. The Morgan fingerprint density at radius 2 is 1.73 bits per heavy atom. The maximum atomic E-state index is 12.5. The number of aryl methyl sites for hydroxylation is 2. The second-order valence-corrected chi connectivity index (χ2v) is 8.81. The van der Waals surface area contributed by atoms with Crippen LogP contribution in [0.1, 0.15) is 47.2 Å². The quantitative estimate of drug-likeness (QED) is 0.528. The van der Waals surface area contributed by atoms with Gasteiger partial charge in [-0.3, -0.25) is 9.59 Å². The van der Waals surface area contributed by atoms with Gasteiger partial charge in [0.15, 0.2) is 5.78 Å². The third-order valence-electron chi connectivity index (χ3n) is 5.65. The zero-order chi connectivity index (χ0) is 21.1. The molecule has 1 aliphatic rings. The highest BCUT2D eigenvalue weighted by Gasteiger charge is 2.25. The Kier molecular flexibility index (Phi) is 6.13. The highest BCUT2D eigenvalue weighted by atomic mass is 32.1. The summed E-state index contributed by atoms with van der Waals surface area (Å²) >= 11 is 1.60. The van der Waals surface area contributed by atoms with Crippen molar-refractivity contribution < 1.29 is 14.3 Å². The summed E-state index contributed by atoms with van der Waals surface area (Å²) in [7, 11) is 0. The number of likely N-dealkylation sites (tertiary alicyclic amines) is 1. The number of benzene rings is 2. The van der Waals surface area contributed by atoms with Gasteiger partial charge in [-0.2, -0.15) is 0 Å². The Morgan fingerprint density at radius 3 is 2.43 bits per heavy atom. The second kappa shape index (κ2) is 8.96. The number of rotatable bonds is 6. The molecule has 1 aromatic heterocycles. The largest absolute Gasteiger partial charge is 0.467 e. The number of Topliss-reactive ketones (excluding diaryl/α,β-unsaturated/α-hetero) is 1. The third kappa shape index (κ3) is 4.54. The van der Waals surface area contributed by atoms with Crippen LogP contribution in [0.3, 0.4) is 0 Å². The van der Waals surface area contributed by atoms with Crippen LogP contribution in [0.25, 0.3) is 10.2 Å². The first kappa shape index (κ1) is 20.5. The molecule has 0 radical (unpaired) electrons. The molecule has 0 N–H and O–H groups in total. The van der Waals surface area contributed by atoms with Crippen molar-refractivity contribution in [3.63, 3.8) is 0 Å². The molecule has 2 heterocycles. The first-order chi connectivity index (χ1) is 14.5. The molecule has 0 saturated carbocycles. The van der Waals surface area contributed by atoms with E-state index in [0.717, 1.165) is 23.9 Å². The van der Waals surface area contributed by atoms with E-state index in [4.69, 9.17) is 4.74 Å². The van der Waals surface area contributed by atoms with Gasteiger partial charge in [0.05, 0.1) is 10.2 Å². The summed E-state index contributed by atoms with van der Waals surface area (Å²) in [5.41, 5.74) is 4.06. The normalized spacial score (nSPS) is 14.8. The molecule has 1 saturated heterocycles. The Bertz CT molecular complexity index is 1010. The molecule has 2 aromatic carbocycles. The van der Waals surface area contributed by atoms with Crippen molar-refractivity contribution >= 4 is 33.2 Å². The van der Waals surface area contributed by atoms with Crippen LogP contribution in [0.4, 0.5) is 0 Å². The number of amides is 1. The van der Waals surface area contributed by atoms with Crippen LogP contribution in [0.5, 0.6) is 5.19 Å². The average Bonchev–Trinajstić information content (AvgIpc) is 3.20. The number of hydrogen-bond donors (Lipinski definition) is 0. The predicted octanol–water partition coefficient (Wildman–Crippen LogP) is 4.95. The van der Waals surface area contributed by atoms with E-state index in [2.05, 4.69) is 31.0 Å². The van der Waals surface area contributed by atoms with Gasteiger partial charge in [-0.1, -0.05) is 53.8 Å². The number of carbonyl (C=O) groups is 2. The monoisotopic (exact) mass is 422 g/mol. The highest BCUT2D eigenvalue weighted by molar-refractivity contribution is 7.20. The van der Waals surface area contributed by atoms with Crippen molar-refractivity contribution in [2.75, 3.05) is 13.1 Å². The number of nitrogens with zero attached hydrogens (tertiary/aromatic N) is 2. The fraction of sp³-hybridized carbons (Fsp3) is 0.375. The van der Waals surface area contributed by atoms with E-state index in [1.165, 1.54) is 10.3 Å². The van der Waals surface area contributed by atoms with Gasteiger partial charge in [-0.15, -0.1) is 0 Å². The minimum absolute atomic E-state index is 0.0172. The lowest BCUT2D eigenvalue weighted by Crippen LogP contribution is -2.41. The summed E-state index contributed by atoms with van der Waals surface area (Å²) in [6, 6.07) is 13.4. The standard InChI is InChI=1S/C24H26N2O3S/c1-16-8-9-17(2)23-22(16)25-24(30-23)29-19-12-14-26(15-13-19)21(28)11-10-20(27)18-6-4-3-5-7-18/h3-9,19H,10-15H2,1-2H3. The summed E-state index contributed by atoms with van der Waals surface area (Å²) in [4.78, 5) is 31.3. The molecule has 30 heavy (non-hydrogen) atoms. The van der Waals surface area contributed by atoms with E-state index in [1.54, 1.807) is 23.5 Å². The maximum Gasteiger partial charge on any atom is 0.274 e. The van der Waals surface area contributed by atoms with E-state index in [0.29, 0.717) is 23.8 Å². The van der Waals surface area contributed by atoms with Gasteiger partial charge in [-0.25, -0.2) is 4.98 Å². The Labute approximate surface area is 180 Å². The third-order valence-corrected chi connectivity index (χ3v) is 6.73.